The molecule has 1 heterocycles. The molecule has 0 aromatic heterocycles. The van der Waals surface area contributed by atoms with Gasteiger partial charge in [0.15, 0.2) is 0 Å². The number of hydrogen-bond acceptors (Lipinski definition) is 4. The van der Waals surface area contributed by atoms with Crippen molar-refractivity contribution in [2.45, 2.75) is 52.1 Å². The Kier molecular flexibility index (Phi) is 6.62. The van der Waals surface area contributed by atoms with Crippen LogP contribution in [0.25, 0.3) is 0 Å². The highest BCUT2D eigenvalue weighted by molar-refractivity contribution is 5.93. The van der Waals surface area contributed by atoms with E-state index < -0.39 is 11.5 Å². The lowest BCUT2D eigenvalue weighted by Gasteiger charge is -2.58. The number of fused-ring (bicyclic) bond motifs is 1. The first kappa shape index (κ1) is 23.5. The van der Waals surface area contributed by atoms with Crippen LogP contribution in [0.3, 0.4) is 0 Å². The van der Waals surface area contributed by atoms with Crippen molar-refractivity contribution in [3.05, 3.63) is 71.8 Å². The van der Waals surface area contributed by atoms with E-state index in [1.54, 1.807) is 6.08 Å². The summed E-state index contributed by atoms with van der Waals surface area (Å²) < 4.78 is 5.02. The zero-order chi connectivity index (χ0) is 23.6. The molecule has 1 aromatic rings. The predicted octanol–water partition coefficient (Wildman–Crippen LogP) is 4.13. The fourth-order valence-corrected chi connectivity index (χ4v) is 6.32. The summed E-state index contributed by atoms with van der Waals surface area (Å²) in [6.45, 7) is 9.36. The standard InChI is InChI=1S/C28H35NO4/c1-19-9-12-23-27(2,22(19)11-10-21-15-18-33-25(21)31)16-13-24(30)28(23,3)26(32)29-17-14-20-7-5-4-6-8-20/h4-8,10-11,15,22-24,30H,1,9,12-14,16-18H2,2-3H3,(H,29,32)/b11-10+/t22-,23+,24-,27+,28+/m1/s1. The molecule has 176 valence electrons. The lowest BCUT2D eigenvalue weighted by molar-refractivity contribution is -0.164. The number of cyclic esters (lactones) is 1. The number of allylic oxidation sites excluding steroid dienone is 2. The Labute approximate surface area is 196 Å². The van der Waals surface area contributed by atoms with E-state index in [1.807, 2.05) is 31.2 Å². The van der Waals surface area contributed by atoms with Gasteiger partial charge in [0, 0.05) is 12.5 Å². The number of ether oxygens (including phenoxy) is 1. The van der Waals surface area contributed by atoms with Crippen LogP contribution in [0.4, 0.5) is 0 Å². The monoisotopic (exact) mass is 449 g/mol. The Morgan fingerprint density at radius 1 is 1.27 bits per heavy atom. The van der Waals surface area contributed by atoms with Gasteiger partial charge in [-0.3, -0.25) is 4.79 Å². The van der Waals surface area contributed by atoms with Crippen LogP contribution in [0.2, 0.25) is 0 Å². The Balaban J connectivity index is 1.54. The molecular weight excluding hydrogens is 414 g/mol. The maximum atomic E-state index is 13.5. The SMILES string of the molecule is C=C1CC[C@H]2[C@@](C)(CC[C@@H](O)[C@@]2(C)C(=O)NCCc2ccccc2)[C@@H]1/C=C/C1=CCOC1=O. The molecule has 1 aromatic carbocycles. The van der Waals surface area contributed by atoms with Crippen LogP contribution >= 0.6 is 0 Å². The van der Waals surface area contributed by atoms with E-state index >= 15 is 0 Å². The Bertz CT molecular complexity index is 981. The highest BCUT2D eigenvalue weighted by atomic mass is 16.5. The van der Waals surface area contributed by atoms with Crippen LogP contribution in [-0.4, -0.2) is 36.2 Å². The normalized spacial score (nSPS) is 34.0. The molecule has 5 atom stereocenters. The molecule has 0 bridgehead atoms. The smallest absolute Gasteiger partial charge is 0.338 e. The van der Waals surface area contributed by atoms with Crippen molar-refractivity contribution in [3.8, 4) is 0 Å². The molecule has 1 amide bonds. The Morgan fingerprint density at radius 3 is 2.73 bits per heavy atom. The van der Waals surface area contributed by atoms with E-state index in [-0.39, 0.29) is 29.1 Å². The summed E-state index contributed by atoms with van der Waals surface area (Å²) in [5.74, 6) is -0.320. The van der Waals surface area contributed by atoms with Crippen molar-refractivity contribution in [1.82, 2.24) is 5.32 Å². The number of amides is 1. The number of carbonyl (C=O) groups is 2. The molecule has 4 rings (SSSR count). The summed E-state index contributed by atoms with van der Waals surface area (Å²) >= 11 is 0. The summed E-state index contributed by atoms with van der Waals surface area (Å²) in [5.41, 5.74) is 1.78. The minimum Gasteiger partial charge on any atom is -0.458 e. The lowest BCUT2D eigenvalue weighted by Crippen LogP contribution is -2.61. The number of rotatable bonds is 6. The minimum absolute atomic E-state index is 0.00938. The van der Waals surface area contributed by atoms with Gasteiger partial charge in [-0.2, -0.15) is 0 Å². The first-order valence-corrected chi connectivity index (χ1v) is 12.0. The van der Waals surface area contributed by atoms with Gasteiger partial charge in [0.05, 0.1) is 17.1 Å². The third-order valence-corrected chi connectivity index (χ3v) is 8.33. The fourth-order valence-electron chi connectivity index (χ4n) is 6.32. The summed E-state index contributed by atoms with van der Waals surface area (Å²) in [7, 11) is 0. The van der Waals surface area contributed by atoms with E-state index in [1.165, 1.54) is 5.56 Å². The molecule has 3 aliphatic rings. The third-order valence-electron chi connectivity index (χ3n) is 8.33. The molecule has 2 aliphatic carbocycles. The van der Waals surface area contributed by atoms with Crippen molar-refractivity contribution < 1.29 is 19.4 Å². The number of hydrogen-bond donors (Lipinski definition) is 2. The predicted molar refractivity (Wildman–Crippen MR) is 128 cm³/mol. The summed E-state index contributed by atoms with van der Waals surface area (Å²) in [5, 5.41) is 14.2. The van der Waals surface area contributed by atoms with E-state index in [0.29, 0.717) is 25.1 Å². The second kappa shape index (κ2) is 9.30. The van der Waals surface area contributed by atoms with Gasteiger partial charge in [0.25, 0.3) is 0 Å². The first-order valence-electron chi connectivity index (χ1n) is 12.0. The summed E-state index contributed by atoms with van der Waals surface area (Å²) in [6, 6.07) is 10.1. The number of aliphatic hydroxyl groups is 1. The van der Waals surface area contributed by atoms with Crippen LogP contribution in [0.5, 0.6) is 0 Å². The quantitative estimate of drug-likeness (QED) is 0.506. The van der Waals surface area contributed by atoms with Crippen molar-refractivity contribution >= 4 is 11.9 Å². The molecule has 2 saturated carbocycles. The molecule has 0 saturated heterocycles. The van der Waals surface area contributed by atoms with Crippen molar-refractivity contribution in [2.75, 3.05) is 13.2 Å². The molecule has 33 heavy (non-hydrogen) atoms. The molecule has 0 spiro atoms. The molecule has 0 radical (unpaired) electrons. The van der Waals surface area contributed by atoms with Gasteiger partial charge in [-0.15, -0.1) is 0 Å². The van der Waals surface area contributed by atoms with Crippen molar-refractivity contribution in [3.63, 3.8) is 0 Å². The largest absolute Gasteiger partial charge is 0.458 e. The second-order valence-corrected chi connectivity index (χ2v) is 10.2. The van der Waals surface area contributed by atoms with Gasteiger partial charge < -0.3 is 15.2 Å². The number of nitrogens with one attached hydrogen (secondary N) is 1. The zero-order valence-corrected chi connectivity index (χ0v) is 19.7. The highest BCUT2D eigenvalue weighted by Crippen LogP contribution is 2.61. The number of aliphatic hydroxyl groups excluding tert-OH is 1. The maximum Gasteiger partial charge on any atom is 0.338 e. The summed E-state index contributed by atoms with van der Waals surface area (Å²) in [4.78, 5) is 25.4. The zero-order valence-electron chi connectivity index (χ0n) is 19.7. The van der Waals surface area contributed by atoms with E-state index in [2.05, 4.69) is 37.0 Å². The van der Waals surface area contributed by atoms with Gasteiger partial charge in [0.2, 0.25) is 5.91 Å². The molecule has 0 unspecified atom stereocenters. The van der Waals surface area contributed by atoms with Crippen LogP contribution in [-0.2, 0) is 20.7 Å². The van der Waals surface area contributed by atoms with Gasteiger partial charge in [-0.25, -0.2) is 4.79 Å². The lowest BCUT2D eigenvalue weighted by atomic mass is 9.46. The van der Waals surface area contributed by atoms with E-state index in [0.717, 1.165) is 31.3 Å². The van der Waals surface area contributed by atoms with Gasteiger partial charge in [-0.05, 0) is 62.0 Å². The fraction of sp³-hybridized carbons (Fsp3) is 0.500. The molecule has 5 nitrogen and oxygen atoms in total. The number of benzene rings is 1. The minimum atomic E-state index is -0.873. The average Bonchev–Trinajstić information content (AvgIpc) is 3.21. The van der Waals surface area contributed by atoms with E-state index in [9.17, 15) is 14.7 Å². The summed E-state index contributed by atoms with van der Waals surface area (Å²) in [6.07, 6.45) is 8.78. The van der Waals surface area contributed by atoms with Crippen molar-refractivity contribution in [1.29, 1.82) is 0 Å². The molecule has 5 heteroatoms. The Hall–Kier alpha value is -2.66. The van der Waals surface area contributed by atoms with Crippen LogP contribution in [0.15, 0.2) is 66.3 Å². The second-order valence-electron chi connectivity index (χ2n) is 10.2. The maximum absolute atomic E-state index is 13.5. The molecule has 2 N–H and O–H groups in total. The van der Waals surface area contributed by atoms with E-state index in [4.69, 9.17) is 4.74 Å². The van der Waals surface area contributed by atoms with Crippen LogP contribution in [0.1, 0.15) is 45.1 Å². The molecule has 1 aliphatic heterocycles. The number of esters is 1. The average molecular weight is 450 g/mol. The molecular formula is C28H35NO4. The van der Waals surface area contributed by atoms with Crippen molar-refractivity contribution in [2.24, 2.45) is 22.7 Å². The third kappa shape index (κ3) is 4.31. The van der Waals surface area contributed by atoms with Crippen LogP contribution in [0, 0.1) is 22.7 Å². The Morgan fingerprint density at radius 2 is 2.03 bits per heavy atom. The van der Waals surface area contributed by atoms with Crippen LogP contribution < -0.4 is 5.32 Å². The van der Waals surface area contributed by atoms with Gasteiger partial charge >= 0.3 is 5.97 Å². The topological polar surface area (TPSA) is 75.6 Å². The highest BCUT2D eigenvalue weighted by Gasteiger charge is 2.60. The first-order chi connectivity index (χ1) is 15.8. The molecule has 2 fully saturated rings. The van der Waals surface area contributed by atoms with Gasteiger partial charge in [-0.1, -0.05) is 61.6 Å². The van der Waals surface area contributed by atoms with Gasteiger partial charge in [0.1, 0.15) is 6.61 Å². The number of carbonyl (C=O) groups excluding carboxylic acids is 2.